The maximum atomic E-state index is 4.64. The highest BCUT2D eigenvalue weighted by atomic mass is 79.9. The number of nitrogens with zero attached hydrogens (tertiary/aromatic N) is 3. The largest absolute Gasteiger partial charge is 0.354 e. The molecule has 0 amide bonds. The maximum absolute atomic E-state index is 4.64. The average Bonchev–Trinajstić information content (AvgIpc) is 2.85. The lowest BCUT2D eigenvalue weighted by molar-refractivity contribution is 0.661. The Morgan fingerprint density at radius 3 is 2.95 bits per heavy atom. The van der Waals surface area contributed by atoms with Crippen LogP contribution in [-0.2, 0) is 13.1 Å². The highest BCUT2D eigenvalue weighted by molar-refractivity contribution is 9.11. The second-order valence-electron chi connectivity index (χ2n) is 4.66. The first-order valence-corrected chi connectivity index (χ1v) is 8.32. The Labute approximate surface area is 132 Å². The molecule has 0 atom stereocenters. The van der Waals surface area contributed by atoms with Crippen molar-refractivity contribution in [2.75, 3.05) is 18.5 Å². The van der Waals surface area contributed by atoms with Gasteiger partial charge in [-0.2, -0.15) is 0 Å². The molecule has 0 spiro atoms. The molecule has 2 aromatic heterocycles. The van der Waals surface area contributed by atoms with E-state index in [2.05, 4.69) is 54.5 Å². The molecule has 0 aromatic carbocycles. The molecule has 0 bridgehead atoms. The van der Waals surface area contributed by atoms with Crippen LogP contribution in [0.25, 0.3) is 0 Å². The van der Waals surface area contributed by atoms with E-state index in [0.717, 1.165) is 41.4 Å². The van der Waals surface area contributed by atoms with Crippen molar-refractivity contribution in [3.05, 3.63) is 38.9 Å². The van der Waals surface area contributed by atoms with Gasteiger partial charge in [-0.15, -0.1) is 11.3 Å². The van der Waals surface area contributed by atoms with Gasteiger partial charge in [0.15, 0.2) is 0 Å². The number of rotatable bonds is 7. The lowest BCUT2D eigenvalue weighted by Crippen LogP contribution is -2.20. The molecule has 0 aliphatic rings. The van der Waals surface area contributed by atoms with E-state index in [0.29, 0.717) is 0 Å². The van der Waals surface area contributed by atoms with E-state index in [-0.39, 0.29) is 0 Å². The van der Waals surface area contributed by atoms with Gasteiger partial charge in [0.1, 0.15) is 5.82 Å². The predicted octanol–water partition coefficient (Wildman–Crippen LogP) is 3.44. The lowest BCUT2D eigenvalue weighted by Gasteiger charge is -2.17. The van der Waals surface area contributed by atoms with Gasteiger partial charge >= 0.3 is 0 Å². The van der Waals surface area contributed by atoms with Gasteiger partial charge in [0.2, 0.25) is 0 Å². The van der Waals surface area contributed by atoms with Crippen molar-refractivity contribution in [3.63, 3.8) is 0 Å². The molecular formula is C14H19BrN4S. The summed E-state index contributed by atoms with van der Waals surface area (Å²) in [6, 6.07) is 2.14. The van der Waals surface area contributed by atoms with Crippen molar-refractivity contribution in [1.82, 2.24) is 15.3 Å². The van der Waals surface area contributed by atoms with Gasteiger partial charge in [0.25, 0.3) is 0 Å². The Bertz CT molecular complexity index is 543. The van der Waals surface area contributed by atoms with E-state index in [4.69, 9.17) is 0 Å². The molecule has 0 unspecified atom stereocenters. The van der Waals surface area contributed by atoms with Crippen molar-refractivity contribution in [2.24, 2.45) is 0 Å². The van der Waals surface area contributed by atoms with Crippen molar-refractivity contribution >= 4 is 33.1 Å². The number of halogens is 1. The zero-order chi connectivity index (χ0) is 14.4. The first-order valence-electron chi connectivity index (χ1n) is 6.64. The Kier molecular flexibility index (Phi) is 5.94. The molecule has 20 heavy (non-hydrogen) atoms. The van der Waals surface area contributed by atoms with Gasteiger partial charge in [0.05, 0.1) is 15.7 Å². The van der Waals surface area contributed by atoms with Gasteiger partial charge in [-0.25, -0.2) is 4.98 Å². The van der Waals surface area contributed by atoms with Crippen LogP contribution >= 0.6 is 27.3 Å². The van der Waals surface area contributed by atoms with Crippen LogP contribution < -0.4 is 10.2 Å². The number of aromatic nitrogens is 2. The molecule has 0 aliphatic carbocycles. The highest BCUT2D eigenvalue weighted by Gasteiger charge is 2.06. The molecule has 1 N–H and O–H groups in total. The number of hydrogen-bond acceptors (Lipinski definition) is 5. The average molecular weight is 355 g/mol. The molecule has 0 saturated heterocycles. The molecule has 2 rings (SSSR count). The van der Waals surface area contributed by atoms with Crippen LogP contribution in [-0.4, -0.2) is 23.6 Å². The van der Waals surface area contributed by atoms with Gasteiger partial charge in [0, 0.05) is 26.3 Å². The van der Waals surface area contributed by atoms with Crippen LogP contribution in [0.1, 0.15) is 24.6 Å². The van der Waals surface area contributed by atoms with Crippen LogP contribution in [0.2, 0.25) is 0 Å². The summed E-state index contributed by atoms with van der Waals surface area (Å²) in [4.78, 5) is 11.0. The van der Waals surface area contributed by atoms with Crippen molar-refractivity contribution in [1.29, 1.82) is 0 Å². The van der Waals surface area contributed by atoms with E-state index >= 15 is 0 Å². The summed E-state index contributed by atoms with van der Waals surface area (Å²) in [5.74, 6) is 0.906. The monoisotopic (exact) mass is 354 g/mol. The fraction of sp³-hybridized carbons (Fsp3) is 0.429. The minimum absolute atomic E-state index is 0.770. The second-order valence-corrected chi connectivity index (χ2v) is 6.95. The molecule has 2 aromatic rings. The zero-order valence-electron chi connectivity index (χ0n) is 11.8. The first-order chi connectivity index (χ1) is 9.69. The highest BCUT2D eigenvalue weighted by Crippen LogP contribution is 2.22. The predicted molar refractivity (Wildman–Crippen MR) is 88.2 cm³/mol. The Hall–Kier alpha value is -0.980. The SMILES string of the molecule is CCCNCc1cncc(N(C)Cc2csc(Br)c2)n1. The van der Waals surface area contributed by atoms with Crippen LogP contribution in [0.5, 0.6) is 0 Å². The number of thiophene rings is 1. The maximum Gasteiger partial charge on any atom is 0.147 e. The van der Waals surface area contributed by atoms with E-state index < -0.39 is 0 Å². The standard InChI is InChI=1S/C14H19BrN4S/c1-3-4-16-6-12-7-17-8-14(18-12)19(2)9-11-5-13(15)20-10-11/h5,7-8,10,16H,3-4,6,9H2,1-2H3. The van der Waals surface area contributed by atoms with Gasteiger partial charge in [-0.1, -0.05) is 6.92 Å². The van der Waals surface area contributed by atoms with Gasteiger partial charge in [-0.3, -0.25) is 4.98 Å². The van der Waals surface area contributed by atoms with Gasteiger partial charge < -0.3 is 10.2 Å². The molecule has 0 saturated carbocycles. The minimum atomic E-state index is 0.770. The topological polar surface area (TPSA) is 41.1 Å². The summed E-state index contributed by atoms with van der Waals surface area (Å²) in [5, 5.41) is 5.50. The third-order valence-corrected chi connectivity index (χ3v) is 4.39. The normalized spacial score (nSPS) is 10.8. The molecule has 4 nitrogen and oxygen atoms in total. The van der Waals surface area contributed by atoms with E-state index in [1.54, 1.807) is 11.3 Å². The Morgan fingerprint density at radius 2 is 2.25 bits per heavy atom. The third kappa shape index (κ3) is 4.54. The van der Waals surface area contributed by atoms with Crippen LogP contribution in [0.3, 0.4) is 0 Å². The summed E-state index contributed by atoms with van der Waals surface area (Å²) in [6.45, 7) is 4.77. The molecule has 0 fully saturated rings. The summed E-state index contributed by atoms with van der Waals surface area (Å²) < 4.78 is 1.16. The van der Waals surface area contributed by atoms with Crippen molar-refractivity contribution in [2.45, 2.75) is 26.4 Å². The Balaban J connectivity index is 1.98. The van der Waals surface area contributed by atoms with Crippen molar-refractivity contribution < 1.29 is 0 Å². The summed E-state index contributed by atoms with van der Waals surface area (Å²) in [6.07, 6.45) is 4.76. The van der Waals surface area contributed by atoms with Gasteiger partial charge in [-0.05, 0) is 45.9 Å². The fourth-order valence-corrected chi connectivity index (χ4v) is 3.04. The molecule has 0 aliphatic heterocycles. The summed E-state index contributed by atoms with van der Waals surface area (Å²) >= 11 is 5.19. The van der Waals surface area contributed by atoms with Crippen molar-refractivity contribution in [3.8, 4) is 0 Å². The van der Waals surface area contributed by atoms with Crippen LogP contribution in [0.15, 0.2) is 27.6 Å². The van der Waals surface area contributed by atoms with Crippen LogP contribution in [0.4, 0.5) is 5.82 Å². The summed E-state index contributed by atoms with van der Waals surface area (Å²) in [5.41, 5.74) is 2.26. The third-order valence-electron chi connectivity index (χ3n) is 2.84. The summed E-state index contributed by atoms with van der Waals surface area (Å²) in [7, 11) is 2.04. The number of anilines is 1. The van der Waals surface area contributed by atoms with E-state index in [1.807, 2.05) is 19.4 Å². The molecule has 6 heteroatoms. The van der Waals surface area contributed by atoms with E-state index in [1.165, 1.54) is 5.56 Å². The van der Waals surface area contributed by atoms with Crippen LogP contribution in [0, 0.1) is 0 Å². The fourth-order valence-electron chi connectivity index (χ4n) is 1.84. The second kappa shape index (κ2) is 7.71. The quantitative estimate of drug-likeness (QED) is 0.773. The number of hydrogen-bond donors (Lipinski definition) is 1. The first kappa shape index (κ1) is 15.4. The molecule has 2 heterocycles. The molecular weight excluding hydrogens is 336 g/mol. The Morgan fingerprint density at radius 1 is 1.40 bits per heavy atom. The van der Waals surface area contributed by atoms with E-state index in [9.17, 15) is 0 Å². The molecule has 108 valence electrons. The number of nitrogens with one attached hydrogen (secondary N) is 1. The molecule has 0 radical (unpaired) electrons. The minimum Gasteiger partial charge on any atom is -0.354 e. The zero-order valence-corrected chi connectivity index (χ0v) is 14.2. The smallest absolute Gasteiger partial charge is 0.147 e. The lowest BCUT2D eigenvalue weighted by atomic mass is 10.3.